The van der Waals surface area contributed by atoms with Gasteiger partial charge in [-0.15, -0.1) is 0 Å². The van der Waals surface area contributed by atoms with Gasteiger partial charge in [0.1, 0.15) is 0 Å². The van der Waals surface area contributed by atoms with E-state index in [1.807, 2.05) is 0 Å². The van der Waals surface area contributed by atoms with Crippen molar-refractivity contribution in [2.45, 2.75) is 103 Å². The molecule has 0 radical (unpaired) electrons. The first-order chi connectivity index (χ1) is 18.2. The van der Waals surface area contributed by atoms with Gasteiger partial charge in [-0.25, -0.2) is 9.59 Å². The van der Waals surface area contributed by atoms with Gasteiger partial charge in [0.15, 0.2) is 0 Å². The first-order valence-electron chi connectivity index (χ1n) is 13.2. The van der Waals surface area contributed by atoms with Gasteiger partial charge < -0.3 is 19.7 Å². The second kappa shape index (κ2) is 19.5. The van der Waals surface area contributed by atoms with E-state index in [0.717, 1.165) is 51.4 Å². The van der Waals surface area contributed by atoms with Crippen LogP contribution in [0.25, 0.3) is 0 Å². The van der Waals surface area contributed by atoms with Crippen LogP contribution in [0.2, 0.25) is 0 Å². The normalized spacial score (nSPS) is 10.5. The summed E-state index contributed by atoms with van der Waals surface area (Å²) in [5.41, 5.74) is -0.0249. The third kappa shape index (κ3) is 16.2. The van der Waals surface area contributed by atoms with Gasteiger partial charge in [0, 0.05) is 25.7 Å². The van der Waals surface area contributed by atoms with Crippen LogP contribution in [0, 0.1) is 0 Å². The Morgan fingerprint density at radius 2 is 0.816 bits per heavy atom. The summed E-state index contributed by atoms with van der Waals surface area (Å²) in [7, 11) is 0. The number of hydrogen-bond donors (Lipinski definition) is 2. The molecule has 0 aliphatic rings. The molecule has 0 spiro atoms. The van der Waals surface area contributed by atoms with Crippen molar-refractivity contribution in [1.29, 1.82) is 0 Å². The Balaban J connectivity index is 2.29. The van der Waals surface area contributed by atoms with Crippen molar-refractivity contribution in [3.05, 3.63) is 35.4 Å². The predicted molar refractivity (Wildman–Crippen MR) is 136 cm³/mol. The molecule has 2 N–H and O–H groups in total. The number of rotatable bonds is 20. The molecule has 1 rings (SSSR count). The average molecular weight is 535 g/mol. The minimum absolute atomic E-state index is 0.0124. The molecule has 0 bridgehead atoms. The van der Waals surface area contributed by atoms with Crippen molar-refractivity contribution in [1.82, 2.24) is 0 Å². The molecular weight excluding hydrogens is 496 g/mol. The number of carboxylic acids is 2. The molecule has 0 atom stereocenters. The van der Waals surface area contributed by atoms with Crippen molar-refractivity contribution >= 4 is 35.8 Å². The van der Waals surface area contributed by atoms with Gasteiger partial charge in [0.2, 0.25) is 0 Å². The molecule has 0 saturated carbocycles. The van der Waals surface area contributed by atoms with Gasteiger partial charge in [-0.1, -0.05) is 57.4 Å². The highest BCUT2D eigenvalue weighted by molar-refractivity contribution is 6.01. The first-order valence-corrected chi connectivity index (χ1v) is 13.2. The summed E-state index contributed by atoms with van der Waals surface area (Å²) in [6, 6.07) is 5.42. The Kier molecular flexibility index (Phi) is 16.7. The summed E-state index contributed by atoms with van der Waals surface area (Å²) < 4.78 is 9.69. The molecule has 0 amide bonds. The van der Waals surface area contributed by atoms with Crippen LogP contribution < -0.4 is 0 Å². The van der Waals surface area contributed by atoms with Crippen LogP contribution in [-0.4, -0.2) is 46.0 Å². The van der Waals surface area contributed by atoms with Crippen molar-refractivity contribution in [3.8, 4) is 0 Å². The van der Waals surface area contributed by atoms with E-state index in [1.165, 1.54) is 24.3 Å². The summed E-state index contributed by atoms with van der Waals surface area (Å²) in [6.45, 7) is 0. The standard InChI is InChI=1S/C28H38O10/c29-23(30)16-9-5-1-3-7-11-18-25(33)37-27(35)21-14-13-15-22(20-21)28(36)38-26(34)19-12-8-4-2-6-10-17-24(31)32/h13-15,20H,1-12,16-19H2,(H,29,30)(H,31,32). The molecule has 210 valence electrons. The molecule has 0 aliphatic heterocycles. The summed E-state index contributed by atoms with van der Waals surface area (Å²) in [5.74, 6) is -4.75. The molecule has 0 aliphatic carbocycles. The lowest BCUT2D eigenvalue weighted by Gasteiger charge is -2.06. The number of hydrogen-bond acceptors (Lipinski definition) is 8. The number of benzene rings is 1. The Morgan fingerprint density at radius 3 is 1.16 bits per heavy atom. The van der Waals surface area contributed by atoms with E-state index in [0.29, 0.717) is 25.7 Å². The molecule has 1 aromatic carbocycles. The second-order valence-electron chi connectivity index (χ2n) is 9.13. The minimum atomic E-state index is -0.895. The smallest absolute Gasteiger partial charge is 0.345 e. The fourth-order valence-electron chi connectivity index (χ4n) is 3.71. The van der Waals surface area contributed by atoms with Crippen molar-refractivity contribution < 1.29 is 48.5 Å². The number of esters is 4. The quantitative estimate of drug-likeness (QED) is 0.125. The second-order valence-corrected chi connectivity index (χ2v) is 9.13. The Labute approximate surface area is 222 Å². The topological polar surface area (TPSA) is 161 Å². The Morgan fingerprint density at radius 1 is 0.500 bits per heavy atom. The van der Waals surface area contributed by atoms with Crippen molar-refractivity contribution in [2.75, 3.05) is 0 Å². The van der Waals surface area contributed by atoms with Crippen LogP contribution in [-0.2, 0) is 28.7 Å². The molecule has 10 nitrogen and oxygen atoms in total. The maximum Gasteiger partial charge on any atom is 0.345 e. The number of carboxylic acid groups (broad SMARTS) is 2. The fourth-order valence-corrected chi connectivity index (χ4v) is 3.71. The molecule has 1 aromatic rings. The van der Waals surface area contributed by atoms with E-state index in [2.05, 4.69) is 0 Å². The molecule has 10 heteroatoms. The number of ether oxygens (including phenoxy) is 2. The zero-order valence-corrected chi connectivity index (χ0v) is 21.8. The highest BCUT2D eigenvalue weighted by Crippen LogP contribution is 2.13. The van der Waals surface area contributed by atoms with Gasteiger partial charge in [-0.05, 0) is 43.9 Å². The fraction of sp³-hybridized carbons (Fsp3) is 0.571. The van der Waals surface area contributed by atoms with Gasteiger partial charge >= 0.3 is 35.8 Å². The molecular formula is C28H38O10. The van der Waals surface area contributed by atoms with Gasteiger partial charge in [-0.3, -0.25) is 19.2 Å². The maximum absolute atomic E-state index is 12.3. The molecule has 0 heterocycles. The number of unbranched alkanes of at least 4 members (excludes halogenated alkanes) is 10. The maximum atomic E-state index is 12.3. The van der Waals surface area contributed by atoms with E-state index in [-0.39, 0.29) is 36.8 Å². The lowest BCUT2D eigenvalue weighted by molar-refractivity contribution is -0.139. The Hall–Kier alpha value is -3.56. The SMILES string of the molecule is O=C(O)CCCCCCCCC(=O)OC(=O)c1cccc(C(=O)OC(=O)CCCCCCCCC(=O)O)c1. The van der Waals surface area contributed by atoms with E-state index >= 15 is 0 Å². The summed E-state index contributed by atoms with van der Waals surface area (Å²) in [4.78, 5) is 69.4. The summed E-state index contributed by atoms with van der Waals surface area (Å²) in [5, 5.41) is 17.2. The van der Waals surface area contributed by atoms with Crippen molar-refractivity contribution in [2.24, 2.45) is 0 Å². The monoisotopic (exact) mass is 534 g/mol. The van der Waals surface area contributed by atoms with Gasteiger partial charge in [-0.2, -0.15) is 0 Å². The molecule has 0 fully saturated rings. The lowest BCUT2D eigenvalue weighted by atomic mass is 10.1. The lowest BCUT2D eigenvalue weighted by Crippen LogP contribution is -2.15. The van der Waals surface area contributed by atoms with Crippen LogP contribution in [0.1, 0.15) is 123 Å². The van der Waals surface area contributed by atoms with Crippen LogP contribution >= 0.6 is 0 Å². The zero-order chi connectivity index (χ0) is 28.2. The Bertz CT molecular complexity index is 866. The van der Waals surface area contributed by atoms with E-state index < -0.39 is 35.8 Å². The number of aliphatic carboxylic acids is 2. The number of carbonyl (C=O) groups is 6. The summed E-state index contributed by atoms with van der Waals surface area (Å²) in [6.07, 6.45) is 9.44. The van der Waals surface area contributed by atoms with Crippen LogP contribution in [0.15, 0.2) is 24.3 Å². The minimum Gasteiger partial charge on any atom is -0.481 e. The average Bonchev–Trinajstić information content (AvgIpc) is 2.86. The van der Waals surface area contributed by atoms with Gasteiger partial charge in [0.05, 0.1) is 11.1 Å². The van der Waals surface area contributed by atoms with Gasteiger partial charge in [0.25, 0.3) is 0 Å². The zero-order valence-electron chi connectivity index (χ0n) is 21.8. The highest BCUT2D eigenvalue weighted by Gasteiger charge is 2.17. The van der Waals surface area contributed by atoms with E-state index in [1.54, 1.807) is 0 Å². The van der Waals surface area contributed by atoms with Crippen LogP contribution in [0.4, 0.5) is 0 Å². The van der Waals surface area contributed by atoms with E-state index in [9.17, 15) is 28.8 Å². The molecule has 0 saturated heterocycles. The molecule has 0 unspecified atom stereocenters. The van der Waals surface area contributed by atoms with Crippen LogP contribution in [0.3, 0.4) is 0 Å². The first kappa shape index (κ1) is 32.5. The largest absolute Gasteiger partial charge is 0.481 e. The third-order valence-electron chi connectivity index (χ3n) is 5.79. The third-order valence-corrected chi connectivity index (χ3v) is 5.79. The molecule has 38 heavy (non-hydrogen) atoms. The van der Waals surface area contributed by atoms with Crippen LogP contribution in [0.5, 0.6) is 0 Å². The summed E-state index contributed by atoms with van der Waals surface area (Å²) >= 11 is 0. The van der Waals surface area contributed by atoms with E-state index in [4.69, 9.17) is 19.7 Å². The number of carbonyl (C=O) groups excluding carboxylic acids is 4. The predicted octanol–water partition coefficient (Wildman–Crippen LogP) is 5.46. The molecule has 0 aromatic heterocycles. The van der Waals surface area contributed by atoms with Crippen molar-refractivity contribution in [3.63, 3.8) is 0 Å². The highest BCUT2D eigenvalue weighted by atomic mass is 16.6.